The fourth-order valence-corrected chi connectivity index (χ4v) is 3.82. The molecule has 0 saturated carbocycles. The summed E-state index contributed by atoms with van der Waals surface area (Å²) in [5.74, 6) is -0.120. The lowest BCUT2D eigenvalue weighted by molar-refractivity contribution is -0.124. The topological polar surface area (TPSA) is 145 Å². The van der Waals surface area contributed by atoms with Crippen LogP contribution in [0.2, 0.25) is 0 Å². The standard InChI is InChI=1S/C18H24N8O4S/c1-12-5-7-13(8-6-12)31(28,29)20-9-10-25-14(27)11-26(15(25)19)17-21-16(24(2)3)22-18(23-17)30-4/h5-8,19-20H,9-11H2,1-4H3. The number of aryl methyl sites for hydroxylation is 1. The van der Waals surface area contributed by atoms with Gasteiger partial charge in [-0.3, -0.25) is 20.0 Å². The zero-order chi connectivity index (χ0) is 22.8. The molecule has 1 aromatic carbocycles. The van der Waals surface area contributed by atoms with Gasteiger partial charge in [0.25, 0.3) is 0 Å². The van der Waals surface area contributed by atoms with Crippen LogP contribution in [0.25, 0.3) is 0 Å². The number of rotatable bonds is 8. The second-order valence-corrected chi connectivity index (χ2v) is 8.75. The smallest absolute Gasteiger partial charge is 0.322 e. The van der Waals surface area contributed by atoms with Crippen molar-refractivity contribution >= 4 is 33.8 Å². The van der Waals surface area contributed by atoms with Crippen LogP contribution in [0.3, 0.4) is 0 Å². The molecule has 0 aliphatic carbocycles. The average molecular weight is 449 g/mol. The van der Waals surface area contributed by atoms with Crippen molar-refractivity contribution in [3.63, 3.8) is 0 Å². The Kier molecular flexibility index (Phi) is 6.36. The van der Waals surface area contributed by atoms with Crippen LogP contribution in [0, 0.1) is 12.3 Å². The van der Waals surface area contributed by atoms with E-state index in [1.807, 2.05) is 6.92 Å². The summed E-state index contributed by atoms with van der Waals surface area (Å²) >= 11 is 0. The Morgan fingerprint density at radius 2 is 1.87 bits per heavy atom. The van der Waals surface area contributed by atoms with E-state index in [1.54, 1.807) is 31.1 Å². The average Bonchev–Trinajstić information content (AvgIpc) is 3.02. The number of carbonyl (C=O) groups excluding carboxylic acids is 1. The van der Waals surface area contributed by atoms with Gasteiger partial charge in [-0.05, 0) is 19.1 Å². The van der Waals surface area contributed by atoms with Crippen molar-refractivity contribution in [2.75, 3.05) is 50.6 Å². The van der Waals surface area contributed by atoms with Gasteiger partial charge in [0, 0.05) is 27.2 Å². The number of benzene rings is 1. The monoisotopic (exact) mass is 448 g/mol. The maximum absolute atomic E-state index is 12.5. The normalized spacial score (nSPS) is 14.3. The molecule has 1 fully saturated rings. The number of hydrogen-bond donors (Lipinski definition) is 2. The van der Waals surface area contributed by atoms with E-state index in [9.17, 15) is 13.2 Å². The van der Waals surface area contributed by atoms with Crippen LogP contribution in [0.1, 0.15) is 5.56 Å². The summed E-state index contributed by atoms with van der Waals surface area (Å²) in [5, 5.41) is 8.36. The predicted octanol–water partition coefficient (Wildman–Crippen LogP) is -0.184. The van der Waals surface area contributed by atoms with Gasteiger partial charge in [-0.1, -0.05) is 17.7 Å². The van der Waals surface area contributed by atoms with Gasteiger partial charge < -0.3 is 9.64 Å². The first-order valence-corrected chi connectivity index (χ1v) is 10.8. The molecule has 1 aromatic heterocycles. The van der Waals surface area contributed by atoms with Crippen LogP contribution in [-0.4, -0.2) is 81.0 Å². The molecule has 1 saturated heterocycles. The quantitative estimate of drug-likeness (QED) is 0.561. The molecular weight excluding hydrogens is 424 g/mol. The van der Waals surface area contributed by atoms with E-state index in [1.165, 1.54) is 29.0 Å². The number of aromatic nitrogens is 3. The van der Waals surface area contributed by atoms with E-state index in [0.29, 0.717) is 5.95 Å². The minimum Gasteiger partial charge on any atom is -0.467 e. The van der Waals surface area contributed by atoms with Gasteiger partial charge in [-0.15, -0.1) is 0 Å². The highest BCUT2D eigenvalue weighted by Gasteiger charge is 2.36. The van der Waals surface area contributed by atoms with Crippen molar-refractivity contribution in [1.82, 2.24) is 24.6 Å². The molecule has 12 nitrogen and oxygen atoms in total. The third-order valence-electron chi connectivity index (χ3n) is 4.48. The minimum absolute atomic E-state index is 0.0119. The number of sulfonamides is 1. The molecule has 0 radical (unpaired) electrons. The summed E-state index contributed by atoms with van der Waals surface area (Å²) in [7, 11) is 1.17. The first-order chi connectivity index (χ1) is 14.6. The number of amides is 1. The molecular formula is C18H24N8O4S. The van der Waals surface area contributed by atoms with Crippen molar-refractivity contribution < 1.29 is 17.9 Å². The summed E-state index contributed by atoms with van der Waals surface area (Å²) < 4.78 is 32.4. The molecule has 1 aliphatic rings. The number of nitrogens with one attached hydrogen (secondary N) is 2. The third-order valence-corrected chi connectivity index (χ3v) is 5.96. The summed E-state index contributed by atoms with van der Waals surface area (Å²) in [6.45, 7) is 1.65. The van der Waals surface area contributed by atoms with E-state index in [0.717, 1.165) is 5.56 Å². The zero-order valence-corrected chi connectivity index (χ0v) is 18.5. The lowest BCUT2D eigenvalue weighted by Crippen LogP contribution is -2.40. The Labute approximate surface area is 180 Å². The first-order valence-electron chi connectivity index (χ1n) is 9.32. The fraction of sp³-hybridized carbons (Fsp3) is 0.389. The predicted molar refractivity (Wildman–Crippen MR) is 114 cm³/mol. The molecule has 166 valence electrons. The van der Waals surface area contributed by atoms with Gasteiger partial charge in [0.15, 0.2) is 0 Å². The molecule has 0 spiro atoms. The number of hydrogen-bond acceptors (Lipinski definition) is 9. The van der Waals surface area contributed by atoms with E-state index < -0.39 is 10.0 Å². The highest BCUT2D eigenvalue weighted by Crippen LogP contribution is 2.20. The second kappa shape index (κ2) is 8.81. The third kappa shape index (κ3) is 4.88. The number of carbonyl (C=O) groups is 1. The Hall–Kier alpha value is -3.32. The summed E-state index contributed by atoms with van der Waals surface area (Å²) in [4.78, 5) is 29.2. The first kappa shape index (κ1) is 22.4. The molecule has 2 aromatic rings. The molecule has 1 amide bonds. The van der Waals surface area contributed by atoms with Crippen molar-refractivity contribution in [3.05, 3.63) is 29.8 Å². The van der Waals surface area contributed by atoms with Crippen molar-refractivity contribution in [1.29, 1.82) is 5.41 Å². The Morgan fingerprint density at radius 1 is 1.19 bits per heavy atom. The number of methoxy groups -OCH3 is 1. The molecule has 3 rings (SSSR count). The number of anilines is 2. The number of guanidine groups is 1. The van der Waals surface area contributed by atoms with Gasteiger partial charge in [0.2, 0.25) is 33.8 Å². The van der Waals surface area contributed by atoms with Crippen LogP contribution in [0.4, 0.5) is 11.9 Å². The molecule has 0 unspecified atom stereocenters. The molecule has 2 heterocycles. The summed E-state index contributed by atoms with van der Waals surface area (Å²) in [6.07, 6.45) is 0. The highest BCUT2D eigenvalue weighted by molar-refractivity contribution is 7.89. The lowest BCUT2D eigenvalue weighted by atomic mass is 10.2. The molecule has 0 atom stereocenters. The molecule has 13 heteroatoms. The molecule has 31 heavy (non-hydrogen) atoms. The van der Waals surface area contributed by atoms with Gasteiger partial charge >= 0.3 is 6.01 Å². The van der Waals surface area contributed by atoms with E-state index in [4.69, 9.17) is 10.1 Å². The maximum atomic E-state index is 12.5. The summed E-state index contributed by atoms with van der Waals surface area (Å²) in [6, 6.07) is 6.49. The number of nitrogens with zero attached hydrogens (tertiary/aromatic N) is 6. The van der Waals surface area contributed by atoms with Crippen LogP contribution < -0.4 is 19.3 Å². The molecule has 0 bridgehead atoms. The van der Waals surface area contributed by atoms with E-state index >= 15 is 0 Å². The molecule has 2 N–H and O–H groups in total. The van der Waals surface area contributed by atoms with Gasteiger partial charge in [0.1, 0.15) is 6.54 Å². The van der Waals surface area contributed by atoms with Crippen LogP contribution >= 0.6 is 0 Å². The summed E-state index contributed by atoms with van der Waals surface area (Å²) in [5.41, 5.74) is 0.947. The Bertz CT molecular complexity index is 1090. The van der Waals surface area contributed by atoms with Crippen LogP contribution in [0.15, 0.2) is 29.2 Å². The van der Waals surface area contributed by atoms with E-state index in [2.05, 4.69) is 19.7 Å². The largest absolute Gasteiger partial charge is 0.467 e. The Balaban J connectivity index is 1.70. The van der Waals surface area contributed by atoms with Gasteiger partial charge in [-0.2, -0.15) is 15.0 Å². The van der Waals surface area contributed by atoms with Crippen molar-refractivity contribution in [2.24, 2.45) is 0 Å². The minimum atomic E-state index is -3.72. The van der Waals surface area contributed by atoms with Crippen LogP contribution in [-0.2, 0) is 14.8 Å². The SMILES string of the molecule is COc1nc(N(C)C)nc(N2CC(=O)N(CCNS(=O)(=O)c3ccc(C)cc3)C2=N)n1. The van der Waals surface area contributed by atoms with Gasteiger partial charge in [-0.25, -0.2) is 13.1 Å². The maximum Gasteiger partial charge on any atom is 0.322 e. The van der Waals surface area contributed by atoms with E-state index in [-0.39, 0.29) is 48.4 Å². The van der Waals surface area contributed by atoms with Crippen LogP contribution in [0.5, 0.6) is 6.01 Å². The lowest BCUT2D eigenvalue weighted by Gasteiger charge is -2.20. The zero-order valence-electron chi connectivity index (χ0n) is 17.7. The highest BCUT2D eigenvalue weighted by atomic mass is 32.2. The second-order valence-electron chi connectivity index (χ2n) is 6.98. The number of ether oxygens (including phenoxy) is 1. The fourth-order valence-electron chi connectivity index (χ4n) is 2.80. The van der Waals surface area contributed by atoms with Crippen molar-refractivity contribution in [3.8, 4) is 6.01 Å². The van der Waals surface area contributed by atoms with Gasteiger partial charge in [0.05, 0.1) is 12.0 Å². The Morgan fingerprint density at radius 3 is 2.48 bits per heavy atom. The van der Waals surface area contributed by atoms with Crippen molar-refractivity contribution in [2.45, 2.75) is 11.8 Å². The molecule has 1 aliphatic heterocycles.